The molecule has 0 bridgehead atoms. The van der Waals surface area contributed by atoms with E-state index in [4.69, 9.17) is 11.5 Å². The highest BCUT2D eigenvalue weighted by molar-refractivity contribution is 5.86. The van der Waals surface area contributed by atoms with Gasteiger partial charge in [-0.1, -0.05) is 6.07 Å². The molecule has 1 heterocycles. The fraction of sp³-hybridized carbons (Fsp3) is 0.500. The monoisotopic (exact) mass is 263 g/mol. The minimum absolute atomic E-state index is 0.169. The largest absolute Gasteiger partial charge is 0.368 e. The highest BCUT2D eigenvalue weighted by Gasteiger charge is 2.48. The van der Waals surface area contributed by atoms with Crippen molar-refractivity contribution in [3.63, 3.8) is 0 Å². The summed E-state index contributed by atoms with van der Waals surface area (Å²) < 4.78 is 13.3. The molecule has 1 aliphatic carbocycles. The number of nitrogens with two attached hydrogens (primary N) is 2. The van der Waals surface area contributed by atoms with Gasteiger partial charge >= 0.3 is 0 Å². The van der Waals surface area contributed by atoms with Gasteiger partial charge in [-0.3, -0.25) is 4.79 Å². The lowest BCUT2D eigenvalue weighted by molar-refractivity contribution is -0.123. The van der Waals surface area contributed by atoms with E-state index < -0.39 is 11.4 Å². The molecule has 2 aliphatic rings. The molecule has 1 aromatic rings. The number of amides is 1. The van der Waals surface area contributed by atoms with Crippen molar-refractivity contribution >= 4 is 11.6 Å². The van der Waals surface area contributed by atoms with Gasteiger partial charge in [0.25, 0.3) is 0 Å². The zero-order valence-electron chi connectivity index (χ0n) is 10.7. The number of nitrogens with zero attached hydrogens (tertiary/aromatic N) is 1. The Morgan fingerprint density at radius 1 is 1.47 bits per heavy atom. The Morgan fingerprint density at radius 2 is 2.21 bits per heavy atom. The van der Waals surface area contributed by atoms with Crippen LogP contribution in [0.3, 0.4) is 0 Å². The van der Waals surface area contributed by atoms with Crippen LogP contribution in [0.5, 0.6) is 0 Å². The lowest BCUT2D eigenvalue weighted by Gasteiger charge is -2.32. The van der Waals surface area contributed by atoms with E-state index in [9.17, 15) is 9.18 Å². The first kappa shape index (κ1) is 12.4. The Kier molecular flexibility index (Phi) is 2.74. The van der Waals surface area contributed by atoms with E-state index in [1.165, 1.54) is 12.1 Å². The molecule has 0 spiro atoms. The van der Waals surface area contributed by atoms with Crippen molar-refractivity contribution in [3.8, 4) is 0 Å². The van der Waals surface area contributed by atoms with E-state index in [0.717, 1.165) is 37.1 Å². The van der Waals surface area contributed by atoms with Gasteiger partial charge < -0.3 is 16.4 Å². The lowest BCUT2D eigenvalue weighted by Crippen LogP contribution is -2.60. The summed E-state index contributed by atoms with van der Waals surface area (Å²) in [5.74, 6) is -0.554. The average Bonchev–Trinajstić information content (AvgIpc) is 3.14. The second-order valence-corrected chi connectivity index (χ2v) is 5.62. The second kappa shape index (κ2) is 4.20. The van der Waals surface area contributed by atoms with E-state index in [1.807, 2.05) is 4.90 Å². The molecule has 0 aromatic heterocycles. The number of hydrogen-bond donors (Lipinski definition) is 2. The Bertz CT molecular complexity index is 529. The van der Waals surface area contributed by atoms with Crippen molar-refractivity contribution in [2.24, 2.45) is 17.4 Å². The van der Waals surface area contributed by atoms with Gasteiger partial charge in [-0.25, -0.2) is 4.39 Å². The van der Waals surface area contributed by atoms with Crippen LogP contribution >= 0.6 is 0 Å². The molecule has 1 fully saturated rings. The van der Waals surface area contributed by atoms with Gasteiger partial charge in [0.15, 0.2) is 0 Å². The second-order valence-electron chi connectivity index (χ2n) is 5.62. The number of carbonyl (C=O) groups is 1. The summed E-state index contributed by atoms with van der Waals surface area (Å²) in [5, 5.41) is 0. The molecule has 1 aromatic carbocycles. The summed E-state index contributed by atoms with van der Waals surface area (Å²) in [6, 6.07) is 4.77. The lowest BCUT2D eigenvalue weighted by atomic mass is 9.93. The third-order valence-corrected chi connectivity index (χ3v) is 4.26. The quantitative estimate of drug-likeness (QED) is 0.843. The van der Waals surface area contributed by atoms with Crippen molar-refractivity contribution < 1.29 is 9.18 Å². The van der Waals surface area contributed by atoms with Gasteiger partial charge in [0.05, 0.1) is 0 Å². The number of anilines is 1. The van der Waals surface area contributed by atoms with Gasteiger partial charge in [-0.2, -0.15) is 0 Å². The number of carbonyl (C=O) groups excluding carboxylic acids is 1. The van der Waals surface area contributed by atoms with E-state index >= 15 is 0 Å². The van der Waals surface area contributed by atoms with Crippen LogP contribution in [-0.4, -0.2) is 24.5 Å². The zero-order chi connectivity index (χ0) is 13.6. The Hall–Kier alpha value is -1.62. The van der Waals surface area contributed by atoms with Crippen LogP contribution in [0.1, 0.15) is 18.4 Å². The number of halogens is 1. The Morgan fingerprint density at radius 3 is 2.84 bits per heavy atom. The molecule has 4 N–H and O–H groups in total. The van der Waals surface area contributed by atoms with Crippen molar-refractivity contribution in [2.45, 2.75) is 24.8 Å². The summed E-state index contributed by atoms with van der Waals surface area (Å²) >= 11 is 0. The van der Waals surface area contributed by atoms with Gasteiger partial charge in [-0.05, 0) is 42.9 Å². The normalized spacial score (nSPS) is 21.1. The van der Waals surface area contributed by atoms with Crippen LogP contribution in [0, 0.1) is 11.7 Å². The maximum Gasteiger partial charge on any atom is 0.239 e. The molecule has 102 valence electrons. The predicted octanol–water partition coefficient (Wildman–Crippen LogP) is 0.781. The summed E-state index contributed by atoms with van der Waals surface area (Å²) in [7, 11) is 0. The molecule has 1 atom stereocenters. The van der Waals surface area contributed by atoms with E-state index in [1.54, 1.807) is 6.07 Å². The molecular weight excluding hydrogens is 245 g/mol. The zero-order valence-corrected chi connectivity index (χ0v) is 10.7. The van der Waals surface area contributed by atoms with E-state index in [0.29, 0.717) is 6.54 Å². The SMILES string of the molecule is NC(=O)C(N)(CN1CCc2ccc(F)cc21)C1CC1. The van der Waals surface area contributed by atoms with Gasteiger partial charge in [0.2, 0.25) is 5.91 Å². The maximum absolute atomic E-state index is 13.3. The molecule has 4 nitrogen and oxygen atoms in total. The third kappa shape index (κ3) is 2.08. The Balaban J connectivity index is 1.86. The van der Waals surface area contributed by atoms with Crippen molar-refractivity contribution in [1.29, 1.82) is 0 Å². The van der Waals surface area contributed by atoms with Crippen LogP contribution in [0.15, 0.2) is 18.2 Å². The minimum Gasteiger partial charge on any atom is -0.368 e. The number of hydrogen-bond acceptors (Lipinski definition) is 3. The number of primary amides is 1. The molecule has 0 saturated heterocycles. The van der Waals surface area contributed by atoms with Crippen LogP contribution in [0.2, 0.25) is 0 Å². The standard InChI is InChI=1S/C14H18FN3O/c15-11-4-1-9-5-6-18(12(9)7-11)8-14(17,13(16)19)10-2-3-10/h1,4,7,10H,2-3,5-6,8,17H2,(H2,16,19). The fourth-order valence-electron chi connectivity index (χ4n) is 2.91. The number of benzene rings is 1. The van der Waals surface area contributed by atoms with E-state index in [-0.39, 0.29) is 11.7 Å². The van der Waals surface area contributed by atoms with E-state index in [2.05, 4.69) is 0 Å². The molecule has 19 heavy (non-hydrogen) atoms. The van der Waals surface area contributed by atoms with Crippen molar-refractivity contribution in [1.82, 2.24) is 0 Å². The predicted molar refractivity (Wildman–Crippen MR) is 71.2 cm³/mol. The van der Waals surface area contributed by atoms with Crippen LogP contribution in [0.4, 0.5) is 10.1 Å². The van der Waals surface area contributed by atoms with Crippen LogP contribution < -0.4 is 16.4 Å². The molecule has 1 aliphatic heterocycles. The highest BCUT2D eigenvalue weighted by atomic mass is 19.1. The summed E-state index contributed by atoms with van der Waals surface area (Å²) in [6.07, 6.45) is 2.75. The summed E-state index contributed by atoms with van der Waals surface area (Å²) in [4.78, 5) is 13.7. The smallest absolute Gasteiger partial charge is 0.239 e. The molecule has 1 saturated carbocycles. The van der Waals surface area contributed by atoms with Crippen LogP contribution in [0.25, 0.3) is 0 Å². The van der Waals surface area contributed by atoms with Gasteiger partial charge in [-0.15, -0.1) is 0 Å². The molecule has 3 rings (SSSR count). The third-order valence-electron chi connectivity index (χ3n) is 4.26. The number of rotatable bonds is 4. The fourth-order valence-corrected chi connectivity index (χ4v) is 2.91. The first-order valence-corrected chi connectivity index (χ1v) is 6.63. The van der Waals surface area contributed by atoms with Crippen LogP contribution in [-0.2, 0) is 11.2 Å². The maximum atomic E-state index is 13.3. The molecule has 1 unspecified atom stereocenters. The van der Waals surface area contributed by atoms with Crippen molar-refractivity contribution in [2.75, 3.05) is 18.0 Å². The summed E-state index contributed by atoms with van der Waals surface area (Å²) in [6.45, 7) is 1.14. The minimum atomic E-state index is -0.992. The van der Waals surface area contributed by atoms with Crippen molar-refractivity contribution in [3.05, 3.63) is 29.6 Å². The Labute approximate surface area is 111 Å². The van der Waals surface area contributed by atoms with Gasteiger partial charge in [0, 0.05) is 18.8 Å². The summed E-state index contributed by atoms with van der Waals surface area (Å²) in [5.41, 5.74) is 12.6. The topological polar surface area (TPSA) is 72.3 Å². The molecule has 0 radical (unpaired) electrons. The molecule has 1 amide bonds. The number of fused-ring (bicyclic) bond motifs is 1. The molecular formula is C14H18FN3O. The first-order chi connectivity index (χ1) is 9.00. The molecule has 5 heteroatoms. The first-order valence-electron chi connectivity index (χ1n) is 6.63. The highest BCUT2D eigenvalue weighted by Crippen LogP contribution is 2.40. The average molecular weight is 263 g/mol. The van der Waals surface area contributed by atoms with Gasteiger partial charge in [0.1, 0.15) is 11.4 Å².